The minimum atomic E-state index is 0.679. The van der Waals surface area contributed by atoms with Crippen LogP contribution in [0.15, 0.2) is 18.3 Å². The molecule has 0 saturated carbocycles. The van der Waals surface area contributed by atoms with Gasteiger partial charge in [0, 0.05) is 18.2 Å². The summed E-state index contributed by atoms with van der Waals surface area (Å²) in [6.07, 6.45) is 2.64. The van der Waals surface area contributed by atoms with Crippen molar-refractivity contribution in [1.29, 1.82) is 0 Å². The molecule has 2 heterocycles. The lowest BCUT2D eigenvalue weighted by Crippen LogP contribution is -2.13. The lowest BCUT2D eigenvalue weighted by atomic mass is 10.2. The van der Waals surface area contributed by atoms with Crippen molar-refractivity contribution in [2.45, 2.75) is 6.42 Å². The van der Waals surface area contributed by atoms with Crippen molar-refractivity contribution in [2.75, 3.05) is 6.61 Å². The van der Waals surface area contributed by atoms with E-state index >= 15 is 0 Å². The minimum Gasteiger partial charge on any atom is -0.250 e. The number of fused-ring (bicyclic) bond motifs is 1. The summed E-state index contributed by atoms with van der Waals surface area (Å²) in [5.74, 6) is 0.730. The second-order valence-electron chi connectivity index (χ2n) is 2.16. The molecule has 0 N–H and O–H groups in total. The lowest BCUT2D eigenvalue weighted by molar-refractivity contribution is 0.0573. The van der Waals surface area contributed by atoms with E-state index < -0.39 is 0 Å². The first-order valence-corrected chi connectivity index (χ1v) is 3.24. The number of rotatable bonds is 0. The Labute approximate surface area is 59.0 Å². The number of hydrogen-bond acceptors (Lipinski definition) is 2. The molecule has 0 saturated heterocycles. The Morgan fingerprint density at radius 2 is 2.50 bits per heavy atom. The highest BCUT2D eigenvalue weighted by molar-refractivity contribution is 5.36. The van der Waals surface area contributed by atoms with Crippen LogP contribution in [0, 0.1) is 0 Å². The van der Waals surface area contributed by atoms with Crippen molar-refractivity contribution in [3.8, 4) is 0 Å². The molecule has 1 aliphatic heterocycles. The molecule has 10 heavy (non-hydrogen) atoms. The molecule has 0 bridgehead atoms. The Morgan fingerprint density at radius 1 is 1.50 bits per heavy atom. The van der Waals surface area contributed by atoms with Crippen LogP contribution in [-0.4, -0.2) is 11.6 Å². The Kier molecular flexibility index (Phi) is 1.29. The first kappa shape index (κ1) is 5.68. The molecule has 51 valence electrons. The highest BCUT2D eigenvalue weighted by Crippen LogP contribution is 2.15. The van der Waals surface area contributed by atoms with Crippen molar-refractivity contribution in [3.63, 3.8) is 0 Å². The average molecular weight is 135 g/mol. The molecule has 0 aliphatic carbocycles. The van der Waals surface area contributed by atoms with Crippen LogP contribution in [0.3, 0.4) is 0 Å². The smallest absolute Gasteiger partial charge is 0.182 e. The van der Waals surface area contributed by atoms with Gasteiger partial charge in [0.15, 0.2) is 5.82 Å². The monoisotopic (exact) mass is 135 g/mol. The van der Waals surface area contributed by atoms with Gasteiger partial charge in [-0.3, -0.25) is 0 Å². The molecule has 1 aliphatic rings. The zero-order valence-electron chi connectivity index (χ0n) is 5.45. The SMILES string of the molecule is c1cnc2c(c1)CCO[N]2. The van der Waals surface area contributed by atoms with E-state index in [1.54, 1.807) is 6.20 Å². The first-order chi connectivity index (χ1) is 4.97. The van der Waals surface area contributed by atoms with Crippen LogP contribution in [0.4, 0.5) is 5.82 Å². The molecule has 2 rings (SSSR count). The summed E-state index contributed by atoms with van der Waals surface area (Å²) < 4.78 is 0. The highest BCUT2D eigenvalue weighted by Gasteiger charge is 2.09. The van der Waals surface area contributed by atoms with E-state index in [2.05, 4.69) is 10.5 Å². The molecule has 1 aromatic rings. The average Bonchev–Trinajstić information content (AvgIpc) is 2.05. The molecule has 0 atom stereocenters. The summed E-state index contributed by atoms with van der Waals surface area (Å²) in [6.45, 7) is 0.679. The van der Waals surface area contributed by atoms with Gasteiger partial charge < -0.3 is 0 Å². The van der Waals surface area contributed by atoms with Crippen LogP contribution in [-0.2, 0) is 11.3 Å². The van der Waals surface area contributed by atoms with Gasteiger partial charge in [0.1, 0.15) is 0 Å². The topological polar surface area (TPSA) is 36.2 Å². The molecule has 0 amide bonds. The van der Waals surface area contributed by atoms with Gasteiger partial charge in [-0.25, -0.2) is 9.82 Å². The molecule has 1 aromatic heterocycles. The van der Waals surface area contributed by atoms with E-state index in [1.165, 1.54) is 5.56 Å². The van der Waals surface area contributed by atoms with Crippen LogP contribution in [0.2, 0.25) is 0 Å². The van der Waals surface area contributed by atoms with Crippen LogP contribution in [0.25, 0.3) is 0 Å². The normalized spacial score (nSPS) is 15.6. The van der Waals surface area contributed by atoms with Gasteiger partial charge in [-0.05, 0) is 6.07 Å². The minimum absolute atomic E-state index is 0.679. The Morgan fingerprint density at radius 3 is 3.40 bits per heavy atom. The Balaban J connectivity index is 2.41. The predicted molar refractivity (Wildman–Crippen MR) is 35.7 cm³/mol. The fraction of sp³-hybridized carbons (Fsp3) is 0.286. The van der Waals surface area contributed by atoms with Gasteiger partial charge in [-0.1, -0.05) is 6.07 Å². The lowest BCUT2D eigenvalue weighted by Gasteiger charge is -2.11. The molecular weight excluding hydrogens is 128 g/mol. The summed E-state index contributed by atoms with van der Waals surface area (Å²) in [5, 5.41) is 0. The van der Waals surface area contributed by atoms with Crippen molar-refractivity contribution in [3.05, 3.63) is 23.9 Å². The third-order valence-electron chi connectivity index (χ3n) is 1.48. The van der Waals surface area contributed by atoms with Crippen LogP contribution in [0.5, 0.6) is 0 Å². The predicted octanol–water partition coefficient (Wildman–Crippen LogP) is 0.805. The second kappa shape index (κ2) is 2.27. The van der Waals surface area contributed by atoms with Gasteiger partial charge in [0.25, 0.3) is 0 Å². The maximum atomic E-state index is 4.86. The molecular formula is C7H7N2O. The fourth-order valence-corrected chi connectivity index (χ4v) is 0.970. The van der Waals surface area contributed by atoms with E-state index in [0.717, 1.165) is 12.2 Å². The van der Waals surface area contributed by atoms with E-state index in [4.69, 9.17) is 4.84 Å². The first-order valence-electron chi connectivity index (χ1n) is 3.24. The van der Waals surface area contributed by atoms with Crippen LogP contribution < -0.4 is 5.48 Å². The number of nitrogens with zero attached hydrogens (tertiary/aromatic N) is 2. The van der Waals surface area contributed by atoms with E-state index in [9.17, 15) is 0 Å². The van der Waals surface area contributed by atoms with Crippen molar-refractivity contribution in [1.82, 2.24) is 10.5 Å². The van der Waals surface area contributed by atoms with E-state index in [1.807, 2.05) is 12.1 Å². The zero-order chi connectivity index (χ0) is 6.81. The number of hydrogen-bond donors (Lipinski definition) is 0. The summed E-state index contributed by atoms with van der Waals surface area (Å²) in [7, 11) is 0. The maximum Gasteiger partial charge on any atom is 0.182 e. The second-order valence-corrected chi connectivity index (χ2v) is 2.16. The number of pyridine rings is 1. The summed E-state index contributed by atoms with van der Waals surface area (Å²) >= 11 is 0. The largest absolute Gasteiger partial charge is 0.250 e. The van der Waals surface area contributed by atoms with Gasteiger partial charge in [-0.2, -0.15) is 0 Å². The molecule has 0 aromatic carbocycles. The fourth-order valence-electron chi connectivity index (χ4n) is 0.970. The summed E-state index contributed by atoms with van der Waals surface area (Å²) in [5.41, 5.74) is 4.96. The van der Waals surface area contributed by atoms with Gasteiger partial charge in [-0.15, -0.1) is 5.48 Å². The quantitative estimate of drug-likeness (QED) is 0.527. The molecule has 0 spiro atoms. The third kappa shape index (κ3) is 0.844. The molecule has 0 fully saturated rings. The van der Waals surface area contributed by atoms with Crippen molar-refractivity contribution >= 4 is 5.82 Å². The van der Waals surface area contributed by atoms with E-state index in [0.29, 0.717) is 6.61 Å². The van der Waals surface area contributed by atoms with E-state index in [-0.39, 0.29) is 0 Å². The maximum absolute atomic E-state index is 4.86. The zero-order valence-corrected chi connectivity index (χ0v) is 5.45. The number of aromatic nitrogens is 1. The third-order valence-corrected chi connectivity index (χ3v) is 1.48. The molecule has 1 radical (unpaired) electrons. The summed E-state index contributed by atoms with van der Waals surface area (Å²) in [4.78, 5) is 8.89. The van der Waals surface area contributed by atoms with Crippen LogP contribution in [0.1, 0.15) is 5.56 Å². The van der Waals surface area contributed by atoms with Crippen molar-refractivity contribution < 1.29 is 4.84 Å². The molecule has 3 nitrogen and oxygen atoms in total. The molecule has 0 unspecified atom stereocenters. The Hall–Kier alpha value is -1.09. The van der Waals surface area contributed by atoms with Gasteiger partial charge >= 0.3 is 0 Å². The van der Waals surface area contributed by atoms with Crippen molar-refractivity contribution in [2.24, 2.45) is 0 Å². The van der Waals surface area contributed by atoms with Gasteiger partial charge in [0.2, 0.25) is 0 Å². The van der Waals surface area contributed by atoms with Gasteiger partial charge in [0.05, 0.1) is 6.61 Å². The summed E-state index contributed by atoms with van der Waals surface area (Å²) in [6, 6.07) is 3.94. The standard InChI is InChI=1S/C7H7N2O/c1-2-6-3-5-10-9-7(6)8-4-1/h1-2,4H,3,5H2. The van der Waals surface area contributed by atoms with Crippen LogP contribution >= 0.6 is 0 Å². The highest BCUT2D eigenvalue weighted by atomic mass is 16.6. The Bertz CT molecular complexity index is 212. The molecule has 3 heteroatoms.